The molecule has 1 fully saturated rings. The highest BCUT2D eigenvalue weighted by atomic mass is 19.2. The number of carbonyl (C=O) groups is 1. The topological polar surface area (TPSA) is 50.1 Å². The normalized spacial score (nSPS) is 20.9. The third-order valence-electron chi connectivity index (χ3n) is 4.45. The number of hydrogen-bond acceptors (Lipinski definition) is 3. The van der Waals surface area contributed by atoms with Crippen LogP contribution in [0.2, 0.25) is 0 Å². The Morgan fingerprint density at radius 1 is 1.23 bits per heavy atom. The second kappa shape index (κ2) is 6.80. The van der Waals surface area contributed by atoms with Crippen LogP contribution in [-0.4, -0.2) is 5.97 Å². The minimum absolute atomic E-state index is 0.651. The van der Waals surface area contributed by atoms with Crippen molar-refractivity contribution in [3.8, 4) is 18.4 Å². The Kier molecular flexibility index (Phi) is 5.09. The van der Waals surface area contributed by atoms with Crippen molar-refractivity contribution in [3.05, 3.63) is 46.3 Å². The Balaban J connectivity index is 2.20. The maximum absolute atomic E-state index is 13.8. The van der Waals surface area contributed by atoms with Crippen molar-refractivity contribution in [1.82, 2.24) is 0 Å². The van der Waals surface area contributed by atoms with Crippen molar-refractivity contribution in [3.63, 3.8) is 0 Å². The number of benzene rings is 1. The van der Waals surface area contributed by atoms with Gasteiger partial charge in [0.25, 0.3) is 0 Å². The first-order valence-corrected chi connectivity index (χ1v) is 7.33. The molecule has 2 atom stereocenters. The fraction of sp³-hybridized carbons (Fsp3) is 0.333. The summed E-state index contributed by atoms with van der Waals surface area (Å²) in [5, 5.41) is 8.44. The number of nitriles is 1. The van der Waals surface area contributed by atoms with Gasteiger partial charge in [0.2, 0.25) is 0 Å². The smallest absolute Gasteiger partial charge is 0.310 e. The maximum atomic E-state index is 13.8. The average Bonchev–Trinajstić information content (AvgIpc) is 3.13. The highest BCUT2D eigenvalue weighted by Gasteiger charge is 2.61. The van der Waals surface area contributed by atoms with Crippen molar-refractivity contribution < 1.29 is 31.5 Å². The molecular weight excluding hydrogens is 357 g/mol. The molecule has 0 heterocycles. The van der Waals surface area contributed by atoms with E-state index >= 15 is 0 Å². The van der Waals surface area contributed by atoms with Gasteiger partial charge >= 0.3 is 5.97 Å². The molecule has 0 unspecified atom stereocenters. The highest BCUT2D eigenvalue weighted by Crippen LogP contribution is 2.60. The molecule has 2 rings (SSSR count). The summed E-state index contributed by atoms with van der Waals surface area (Å²) in [4.78, 5) is 12.1. The van der Waals surface area contributed by atoms with Gasteiger partial charge in [-0.15, -0.1) is 6.42 Å². The molecule has 1 aromatic carbocycles. The molecule has 26 heavy (non-hydrogen) atoms. The first kappa shape index (κ1) is 19.5. The van der Waals surface area contributed by atoms with Crippen LogP contribution in [0.3, 0.4) is 0 Å². The first-order valence-electron chi connectivity index (χ1n) is 7.33. The monoisotopic (exact) mass is 369 g/mol. The van der Waals surface area contributed by atoms with E-state index in [1.807, 2.05) is 0 Å². The molecule has 1 aliphatic rings. The molecule has 0 radical (unpaired) electrons. The number of halogens is 5. The van der Waals surface area contributed by atoms with Crippen LogP contribution in [0.25, 0.3) is 0 Å². The largest absolute Gasteiger partial charge is 0.460 e. The molecule has 0 N–H and O–H groups in total. The quantitative estimate of drug-likeness (QED) is 0.266. The number of allylic oxidation sites excluding steroid dienone is 2. The van der Waals surface area contributed by atoms with E-state index in [-0.39, 0.29) is 0 Å². The first-order chi connectivity index (χ1) is 12.1. The van der Waals surface area contributed by atoms with Crippen LogP contribution in [-0.2, 0) is 16.1 Å². The summed E-state index contributed by atoms with van der Waals surface area (Å²) < 4.78 is 72.7. The lowest BCUT2D eigenvalue weighted by Gasteiger charge is -2.10. The maximum Gasteiger partial charge on any atom is 0.310 e. The molecule has 1 aliphatic carbocycles. The Labute approximate surface area is 146 Å². The van der Waals surface area contributed by atoms with Gasteiger partial charge in [0.1, 0.15) is 18.2 Å². The van der Waals surface area contributed by atoms with Crippen LogP contribution in [0.1, 0.15) is 25.0 Å². The highest BCUT2D eigenvalue weighted by molar-refractivity contribution is 5.78. The minimum atomic E-state index is -1.76. The van der Waals surface area contributed by atoms with E-state index in [0.29, 0.717) is 0 Å². The number of ether oxygens (including phenoxy) is 1. The van der Waals surface area contributed by atoms with Gasteiger partial charge in [0.05, 0.1) is 11.5 Å². The molecule has 0 amide bonds. The second-order valence-electron chi connectivity index (χ2n) is 6.31. The number of nitrogens with zero attached hydrogens (tertiary/aromatic N) is 1. The zero-order valence-corrected chi connectivity index (χ0v) is 13.7. The van der Waals surface area contributed by atoms with Gasteiger partial charge in [-0.1, -0.05) is 19.8 Å². The molecule has 0 spiro atoms. The molecule has 136 valence electrons. The van der Waals surface area contributed by atoms with E-state index < -0.39 is 70.0 Å². The van der Waals surface area contributed by atoms with Crippen LogP contribution >= 0.6 is 0 Å². The van der Waals surface area contributed by atoms with E-state index in [1.54, 1.807) is 13.8 Å². The Morgan fingerprint density at radius 2 is 1.77 bits per heavy atom. The van der Waals surface area contributed by atoms with Crippen molar-refractivity contribution in [2.75, 3.05) is 0 Å². The Bertz CT molecular complexity index is 863. The van der Waals surface area contributed by atoms with Crippen molar-refractivity contribution in [1.29, 1.82) is 5.26 Å². The van der Waals surface area contributed by atoms with Gasteiger partial charge < -0.3 is 4.74 Å². The molecular formula is C18H12F5NO2. The van der Waals surface area contributed by atoms with Crippen LogP contribution in [0.15, 0.2) is 11.9 Å². The van der Waals surface area contributed by atoms with E-state index in [2.05, 4.69) is 0 Å². The molecule has 0 bridgehead atoms. The second-order valence-corrected chi connectivity index (χ2v) is 6.31. The average molecular weight is 369 g/mol. The Hall–Kier alpha value is -2.87. The summed E-state index contributed by atoms with van der Waals surface area (Å²) in [6, 6.07) is 1.27. The summed E-state index contributed by atoms with van der Waals surface area (Å²) in [5.41, 5.74) is -3.07. The molecule has 8 heteroatoms. The SMILES string of the molecule is C#Cc1c(F)c(F)c(COC(=O)[C@@H]2[C@H](C=C(F)C#N)C2(C)C)c(F)c1F. The molecule has 3 nitrogen and oxygen atoms in total. The number of hydrogen-bond donors (Lipinski definition) is 0. The number of esters is 1. The zero-order valence-electron chi connectivity index (χ0n) is 13.7. The van der Waals surface area contributed by atoms with Crippen molar-refractivity contribution >= 4 is 5.97 Å². The number of terminal acetylenes is 1. The lowest BCUT2D eigenvalue weighted by molar-refractivity contribution is -0.147. The number of carbonyl (C=O) groups excluding carboxylic acids is 1. The Morgan fingerprint density at radius 3 is 2.23 bits per heavy atom. The predicted molar refractivity (Wildman–Crippen MR) is 79.6 cm³/mol. The molecule has 1 aromatic rings. The predicted octanol–water partition coefficient (Wildman–Crippen LogP) is 3.92. The molecule has 1 saturated carbocycles. The van der Waals surface area contributed by atoms with Gasteiger partial charge in [0, 0.05) is 5.92 Å². The van der Waals surface area contributed by atoms with E-state index in [0.717, 1.165) is 6.08 Å². The van der Waals surface area contributed by atoms with Gasteiger partial charge in [-0.2, -0.15) is 9.65 Å². The summed E-state index contributed by atoms with van der Waals surface area (Å²) >= 11 is 0. The summed E-state index contributed by atoms with van der Waals surface area (Å²) in [5.74, 6) is -9.08. The van der Waals surface area contributed by atoms with E-state index in [4.69, 9.17) is 16.4 Å². The lowest BCUT2D eigenvalue weighted by Crippen LogP contribution is -2.14. The minimum Gasteiger partial charge on any atom is -0.460 e. The van der Waals surface area contributed by atoms with Gasteiger partial charge in [0.15, 0.2) is 29.1 Å². The molecule has 0 saturated heterocycles. The van der Waals surface area contributed by atoms with Crippen LogP contribution in [0.5, 0.6) is 0 Å². The molecule has 0 aromatic heterocycles. The fourth-order valence-electron chi connectivity index (χ4n) is 2.80. The van der Waals surface area contributed by atoms with Crippen LogP contribution < -0.4 is 0 Å². The van der Waals surface area contributed by atoms with Crippen molar-refractivity contribution in [2.24, 2.45) is 17.3 Å². The third-order valence-corrected chi connectivity index (χ3v) is 4.45. The fourth-order valence-corrected chi connectivity index (χ4v) is 2.80. The number of rotatable bonds is 4. The van der Waals surface area contributed by atoms with Crippen LogP contribution in [0, 0.1) is 64.2 Å². The van der Waals surface area contributed by atoms with Crippen LogP contribution in [0.4, 0.5) is 22.0 Å². The summed E-state index contributed by atoms with van der Waals surface area (Å²) in [6.07, 6.45) is 5.75. The zero-order chi connectivity index (χ0) is 19.8. The third kappa shape index (κ3) is 3.15. The summed E-state index contributed by atoms with van der Waals surface area (Å²) in [7, 11) is 0. The van der Waals surface area contributed by atoms with Crippen molar-refractivity contribution in [2.45, 2.75) is 20.5 Å². The van der Waals surface area contributed by atoms with Gasteiger partial charge in [-0.05, 0) is 11.5 Å². The van der Waals surface area contributed by atoms with Gasteiger partial charge in [-0.25, -0.2) is 17.6 Å². The standard InChI is InChI=1S/C18H12F5NO2/c1-4-9-13(20)15(22)10(16(23)14(9)21)7-26-17(25)12-11(18(12,2)3)5-8(19)6-24/h1,5,11-12H,7H2,2-3H3/t11-,12-/m0/s1. The lowest BCUT2D eigenvalue weighted by atomic mass is 10.1. The summed E-state index contributed by atoms with van der Waals surface area (Å²) in [6.45, 7) is 2.14. The molecule has 0 aliphatic heterocycles. The van der Waals surface area contributed by atoms with Gasteiger partial charge in [-0.3, -0.25) is 4.79 Å². The van der Waals surface area contributed by atoms with E-state index in [9.17, 15) is 26.7 Å². The van der Waals surface area contributed by atoms with E-state index in [1.165, 1.54) is 12.0 Å².